The Kier molecular flexibility index (Phi) is 5.61. The Hall–Kier alpha value is -3.45. The molecule has 0 unspecified atom stereocenters. The van der Waals surface area contributed by atoms with Crippen molar-refractivity contribution < 1.29 is 4.79 Å². The van der Waals surface area contributed by atoms with Crippen molar-refractivity contribution in [1.82, 2.24) is 18.7 Å². The van der Waals surface area contributed by atoms with Gasteiger partial charge in [-0.1, -0.05) is 42.8 Å². The quantitative estimate of drug-likeness (QED) is 0.435. The van der Waals surface area contributed by atoms with Crippen molar-refractivity contribution in [2.75, 3.05) is 0 Å². The number of imidazole rings is 1. The lowest BCUT2D eigenvalue weighted by Crippen LogP contribution is -2.39. The zero-order chi connectivity index (χ0) is 22.1. The van der Waals surface area contributed by atoms with Crippen LogP contribution in [0.15, 0.2) is 64.4 Å². The van der Waals surface area contributed by atoms with Gasteiger partial charge in [-0.3, -0.25) is 18.7 Å². The Bertz CT molecular complexity index is 1380. The first-order valence-corrected chi connectivity index (χ1v) is 10.3. The maximum Gasteiger partial charge on any atom is 0.332 e. The molecule has 2 heterocycles. The van der Waals surface area contributed by atoms with Crippen LogP contribution >= 0.6 is 11.6 Å². The minimum absolute atomic E-state index is 0.0878. The van der Waals surface area contributed by atoms with E-state index in [1.54, 1.807) is 54.3 Å². The summed E-state index contributed by atoms with van der Waals surface area (Å²) in [6, 6.07) is 14.0. The van der Waals surface area contributed by atoms with Crippen molar-refractivity contribution in [2.24, 2.45) is 7.05 Å². The van der Waals surface area contributed by atoms with Crippen LogP contribution in [0.1, 0.15) is 34.8 Å². The molecule has 0 saturated carbocycles. The Morgan fingerprint density at radius 3 is 2.23 bits per heavy atom. The second kappa shape index (κ2) is 8.35. The number of aryl methyl sites for hydroxylation is 1. The summed E-state index contributed by atoms with van der Waals surface area (Å²) in [6.07, 6.45) is 2.25. The summed E-state index contributed by atoms with van der Waals surface area (Å²) >= 11 is 5.89. The van der Waals surface area contributed by atoms with E-state index < -0.39 is 0 Å². The molecule has 0 fully saturated rings. The number of carbonyl (C=O) groups excluding carboxylic acids is 1. The van der Waals surface area contributed by atoms with E-state index in [9.17, 15) is 14.4 Å². The van der Waals surface area contributed by atoms with Crippen LogP contribution < -0.4 is 11.2 Å². The Labute approximate surface area is 183 Å². The second-order valence-electron chi connectivity index (χ2n) is 7.38. The SMILES string of the molecule is CCCn1c(=O)c2ncn(Cc3ccc(C(=O)c4ccc(Cl)cc4)cc3)c2n(C)c1=O. The smallest absolute Gasteiger partial charge is 0.312 e. The van der Waals surface area contributed by atoms with Crippen molar-refractivity contribution in [3.8, 4) is 0 Å². The number of rotatable bonds is 6. The summed E-state index contributed by atoms with van der Waals surface area (Å²) in [5, 5.41) is 0.579. The van der Waals surface area contributed by atoms with Crippen molar-refractivity contribution in [3.05, 3.63) is 97.4 Å². The highest BCUT2D eigenvalue weighted by Crippen LogP contribution is 2.16. The fraction of sp³-hybridized carbons (Fsp3) is 0.217. The first-order valence-electron chi connectivity index (χ1n) is 9.94. The highest BCUT2D eigenvalue weighted by atomic mass is 35.5. The predicted octanol–water partition coefficient (Wildman–Crippen LogP) is 3.24. The molecule has 4 rings (SSSR count). The topological polar surface area (TPSA) is 78.9 Å². The average Bonchev–Trinajstić information content (AvgIpc) is 3.19. The number of nitrogens with zero attached hydrogens (tertiary/aromatic N) is 4. The van der Waals surface area contributed by atoms with Crippen molar-refractivity contribution >= 4 is 28.5 Å². The lowest BCUT2D eigenvalue weighted by atomic mass is 10.0. The minimum atomic E-state index is -0.373. The summed E-state index contributed by atoms with van der Waals surface area (Å²) in [6.45, 7) is 2.68. The number of ketones is 1. The fourth-order valence-electron chi connectivity index (χ4n) is 3.63. The summed E-state index contributed by atoms with van der Waals surface area (Å²) < 4.78 is 4.44. The van der Waals surface area contributed by atoms with Crippen LogP contribution in [-0.2, 0) is 20.1 Å². The third-order valence-electron chi connectivity index (χ3n) is 5.22. The van der Waals surface area contributed by atoms with Gasteiger partial charge in [-0.15, -0.1) is 0 Å². The van der Waals surface area contributed by atoms with Crippen molar-refractivity contribution in [3.63, 3.8) is 0 Å². The summed E-state index contributed by atoms with van der Waals surface area (Å²) in [7, 11) is 1.64. The van der Waals surface area contributed by atoms with Gasteiger partial charge in [0, 0.05) is 29.7 Å². The molecular formula is C23H21ClN4O3. The van der Waals surface area contributed by atoms with Crippen LogP contribution in [0.3, 0.4) is 0 Å². The number of hydrogen-bond acceptors (Lipinski definition) is 4. The number of halogens is 1. The normalized spacial score (nSPS) is 11.2. The van der Waals surface area contributed by atoms with E-state index in [1.807, 2.05) is 19.1 Å². The standard InChI is InChI=1S/C23H21ClN4O3/c1-3-12-28-22(30)19-21(26(2)23(28)31)27(14-25-19)13-15-4-6-16(7-5-15)20(29)17-8-10-18(24)11-9-17/h4-11,14H,3,12-13H2,1-2H3. The van der Waals surface area contributed by atoms with Crippen LogP contribution in [0.2, 0.25) is 5.02 Å². The molecule has 0 atom stereocenters. The van der Waals surface area contributed by atoms with Gasteiger partial charge in [-0.2, -0.15) is 0 Å². The molecule has 0 bridgehead atoms. The monoisotopic (exact) mass is 436 g/mol. The number of aromatic nitrogens is 4. The molecule has 0 radical (unpaired) electrons. The molecule has 4 aromatic rings. The van der Waals surface area contributed by atoms with E-state index in [0.717, 1.165) is 5.56 Å². The van der Waals surface area contributed by atoms with E-state index in [1.165, 1.54) is 9.13 Å². The zero-order valence-corrected chi connectivity index (χ0v) is 18.0. The molecule has 158 valence electrons. The summed E-state index contributed by atoms with van der Waals surface area (Å²) in [4.78, 5) is 42.2. The molecule has 0 N–H and O–H groups in total. The Balaban J connectivity index is 1.64. The summed E-state index contributed by atoms with van der Waals surface area (Å²) in [5.41, 5.74) is 2.06. The van der Waals surface area contributed by atoms with E-state index in [4.69, 9.17) is 11.6 Å². The molecule has 0 saturated heterocycles. The highest BCUT2D eigenvalue weighted by molar-refractivity contribution is 6.30. The molecule has 0 spiro atoms. The number of carbonyl (C=O) groups is 1. The lowest BCUT2D eigenvalue weighted by molar-refractivity contribution is 0.103. The van der Waals surface area contributed by atoms with E-state index in [0.29, 0.717) is 41.3 Å². The fourth-order valence-corrected chi connectivity index (χ4v) is 3.75. The van der Waals surface area contributed by atoms with Gasteiger partial charge < -0.3 is 4.57 Å². The third-order valence-corrected chi connectivity index (χ3v) is 5.47. The maximum atomic E-state index is 12.7. The molecule has 31 heavy (non-hydrogen) atoms. The van der Waals surface area contributed by atoms with Crippen LogP contribution in [0.25, 0.3) is 11.2 Å². The van der Waals surface area contributed by atoms with Crippen molar-refractivity contribution in [2.45, 2.75) is 26.4 Å². The number of hydrogen-bond donors (Lipinski definition) is 0. The number of fused-ring (bicyclic) bond motifs is 1. The molecule has 7 nitrogen and oxygen atoms in total. The average molecular weight is 437 g/mol. The molecule has 0 aliphatic carbocycles. The second-order valence-corrected chi connectivity index (χ2v) is 7.81. The van der Waals surface area contributed by atoms with Crippen LogP contribution in [0.4, 0.5) is 0 Å². The Morgan fingerprint density at radius 2 is 1.61 bits per heavy atom. The number of benzene rings is 2. The highest BCUT2D eigenvalue weighted by Gasteiger charge is 2.16. The van der Waals surface area contributed by atoms with E-state index in [-0.39, 0.29) is 22.5 Å². The first-order chi connectivity index (χ1) is 14.9. The van der Waals surface area contributed by atoms with Gasteiger partial charge in [0.1, 0.15) is 5.65 Å². The van der Waals surface area contributed by atoms with Crippen LogP contribution in [0.5, 0.6) is 0 Å². The molecular weight excluding hydrogens is 416 g/mol. The van der Waals surface area contributed by atoms with E-state index >= 15 is 0 Å². The molecule has 0 amide bonds. The van der Waals surface area contributed by atoms with Gasteiger partial charge in [-0.05, 0) is 36.2 Å². The molecule has 8 heteroatoms. The van der Waals surface area contributed by atoms with Gasteiger partial charge in [0.15, 0.2) is 11.3 Å². The Morgan fingerprint density at radius 1 is 1.00 bits per heavy atom. The minimum Gasteiger partial charge on any atom is -0.312 e. The lowest BCUT2D eigenvalue weighted by Gasteiger charge is -2.10. The van der Waals surface area contributed by atoms with Gasteiger partial charge in [0.05, 0.1) is 12.9 Å². The molecule has 0 aliphatic heterocycles. The molecule has 0 aliphatic rings. The predicted molar refractivity (Wildman–Crippen MR) is 120 cm³/mol. The van der Waals surface area contributed by atoms with Crippen LogP contribution in [-0.4, -0.2) is 24.5 Å². The van der Waals surface area contributed by atoms with Gasteiger partial charge in [0.2, 0.25) is 0 Å². The largest absolute Gasteiger partial charge is 0.332 e. The van der Waals surface area contributed by atoms with Gasteiger partial charge in [-0.25, -0.2) is 9.78 Å². The van der Waals surface area contributed by atoms with E-state index in [2.05, 4.69) is 4.98 Å². The molecule has 2 aromatic heterocycles. The first kappa shape index (κ1) is 20.8. The third kappa shape index (κ3) is 3.84. The molecule has 2 aromatic carbocycles. The van der Waals surface area contributed by atoms with Crippen molar-refractivity contribution in [1.29, 1.82) is 0 Å². The zero-order valence-electron chi connectivity index (χ0n) is 17.2. The summed E-state index contributed by atoms with van der Waals surface area (Å²) in [5.74, 6) is -0.0878. The van der Waals surface area contributed by atoms with Crippen LogP contribution in [0, 0.1) is 0 Å². The maximum absolute atomic E-state index is 12.7. The van der Waals surface area contributed by atoms with Gasteiger partial charge in [0.25, 0.3) is 5.56 Å². The van der Waals surface area contributed by atoms with Gasteiger partial charge >= 0.3 is 5.69 Å².